The van der Waals surface area contributed by atoms with E-state index in [2.05, 4.69) is 10.4 Å². The first kappa shape index (κ1) is 22.8. The van der Waals surface area contributed by atoms with E-state index in [9.17, 15) is 14.7 Å². The smallest absolute Gasteiger partial charge is 0.292 e. The largest absolute Gasteiger partial charge is 0.489 e. The predicted octanol–water partition coefficient (Wildman–Crippen LogP) is 3.53. The number of para-hydroxylation sites is 1. The Bertz CT molecular complexity index is 1100. The van der Waals surface area contributed by atoms with Gasteiger partial charge in [0.15, 0.2) is 0 Å². The van der Waals surface area contributed by atoms with Gasteiger partial charge < -0.3 is 15.2 Å². The summed E-state index contributed by atoms with van der Waals surface area (Å²) in [6.07, 6.45) is -1.05. The zero-order valence-corrected chi connectivity index (χ0v) is 18.4. The first-order valence-corrected chi connectivity index (χ1v) is 10.2. The van der Waals surface area contributed by atoms with E-state index in [0.717, 1.165) is 5.69 Å². The van der Waals surface area contributed by atoms with Crippen LogP contribution in [0.1, 0.15) is 21.7 Å². The number of aliphatic hydroxyl groups is 1. The molecule has 0 radical (unpaired) electrons. The number of carbonyl (C=O) groups is 2. The van der Waals surface area contributed by atoms with Crippen LogP contribution in [-0.2, 0) is 4.79 Å². The third kappa shape index (κ3) is 5.25. The Balaban J connectivity index is 1.60. The maximum Gasteiger partial charge on any atom is 0.292 e. The Labute approximate surface area is 189 Å². The molecule has 1 atom stereocenters. The third-order valence-corrected chi connectivity index (χ3v) is 5.37. The van der Waals surface area contributed by atoms with E-state index in [1.165, 1.54) is 0 Å². The molecule has 0 saturated heterocycles. The minimum Gasteiger partial charge on any atom is -0.489 e. The molecule has 9 heteroatoms. The molecule has 0 fully saturated rings. The number of aromatic nitrogens is 2. The number of carbonyl (C=O) groups excluding carboxylic acids is 2. The number of nitrogens with zero attached hydrogens (tertiary/aromatic N) is 2. The van der Waals surface area contributed by atoms with Gasteiger partial charge in [0.2, 0.25) is 0 Å². The van der Waals surface area contributed by atoms with Crippen LogP contribution in [0.5, 0.6) is 5.75 Å². The Morgan fingerprint density at radius 3 is 2.55 bits per heavy atom. The quantitative estimate of drug-likeness (QED) is 0.395. The van der Waals surface area contributed by atoms with Gasteiger partial charge in [-0.15, -0.1) is 0 Å². The summed E-state index contributed by atoms with van der Waals surface area (Å²) >= 11 is 11.9. The molecule has 31 heavy (non-hydrogen) atoms. The lowest BCUT2D eigenvalue weighted by Crippen LogP contribution is -2.39. The number of hydrogen-bond acceptors (Lipinski definition) is 5. The fourth-order valence-electron chi connectivity index (χ4n) is 3.04. The molecular formula is C22H21Cl2N3O4. The monoisotopic (exact) mass is 461 g/mol. The third-order valence-electron chi connectivity index (χ3n) is 4.57. The second-order valence-corrected chi connectivity index (χ2v) is 7.63. The van der Waals surface area contributed by atoms with Crippen molar-refractivity contribution in [3.05, 3.63) is 75.5 Å². The summed E-state index contributed by atoms with van der Waals surface area (Å²) in [6, 6.07) is 14.2. The van der Waals surface area contributed by atoms with E-state index in [4.69, 9.17) is 27.9 Å². The van der Waals surface area contributed by atoms with Crippen LogP contribution in [-0.4, -0.2) is 45.8 Å². The second kappa shape index (κ2) is 9.96. The van der Waals surface area contributed by atoms with Crippen LogP contribution in [0.2, 0.25) is 10.0 Å². The lowest BCUT2D eigenvalue weighted by molar-refractivity contribution is -0.117. The van der Waals surface area contributed by atoms with Crippen molar-refractivity contribution in [1.82, 2.24) is 15.1 Å². The van der Waals surface area contributed by atoms with Crippen molar-refractivity contribution in [2.45, 2.75) is 20.0 Å². The fourth-order valence-corrected chi connectivity index (χ4v) is 3.38. The van der Waals surface area contributed by atoms with Crippen molar-refractivity contribution < 1.29 is 19.4 Å². The molecule has 0 aliphatic carbocycles. The summed E-state index contributed by atoms with van der Waals surface area (Å²) in [5.41, 5.74) is 2.02. The molecule has 162 valence electrons. The summed E-state index contributed by atoms with van der Waals surface area (Å²) in [5, 5.41) is 17.5. The Kier molecular flexibility index (Phi) is 7.33. The highest BCUT2D eigenvalue weighted by atomic mass is 35.5. The molecule has 2 N–H and O–H groups in total. The molecule has 0 saturated carbocycles. The number of ether oxygens (including phenoxy) is 1. The number of rotatable bonds is 8. The maximum absolute atomic E-state index is 12.7. The van der Waals surface area contributed by atoms with Crippen LogP contribution < -0.4 is 10.1 Å². The van der Waals surface area contributed by atoms with E-state index in [1.807, 2.05) is 30.3 Å². The van der Waals surface area contributed by atoms with Crippen molar-refractivity contribution >= 4 is 34.9 Å². The van der Waals surface area contributed by atoms with Gasteiger partial charge in [0.1, 0.15) is 23.5 Å². The maximum atomic E-state index is 12.7. The van der Waals surface area contributed by atoms with E-state index in [-0.39, 0.29) is 23.7 Å². The van der Waals surface area contributed by atoms with Crippen molar-refractivity contribution in [2.24, 2.45) is 0 Å². The van der Waals surface area contributed by atoms with Crippen LogP contribution in [0.15, 0.2) is 48.5 Å². The highest BCUT2D eigenvalue weighted by Gasteiger charge is 2.25. The first-order chi connectivity index (χ1) is 14.8. The van der Waals surface area contributed by atoms with Gasteiger partial charge in [-0.2, -0.15) is 5.10 Å². The van der Waals surface area contributed by atoms with Crippen molar-refractivity contribution in [3.63, 3.8) is 0 Å². The number of aliphatic hydroxyl groups excluding tert-OH is 1. The molecule has 1 heterocycles. The van der Waals surface area contributed by atoms with E-state index in [1.54, 1.807) is 36.7 Å². The van der Waals surface area contributed by atoms with Crippen molar-refractivity contribution in [2.75, 3.05) is 13.2 Å². The molecule has 0 aliphatic heterocycles. The number of amides is 1. The zero-order valence-electron chi connectivity index (χ0n) is 16.9. The number of benzene rings is 2. The number of ketones is 1. The number of Topliss-reactive ketones (excluding diaryl/α,β-unsaturated/α-hetero) is 1. The lowest BCUT2D eigenvalue weighted by Gasteiger charge is -2.14. The minimum absolute atomic E-state index is 0.140. The summed E-state index contributed by atoms with van der Waals surface area (Å²) in [7, 11) is 0. The van der Waals surface area contributed by atoms with Gasteiger partial charge in [0.05, 0.1) is 27.7 Å². The van der Waals surface area contributed by atoms with Gasteiger partial charge in [0.25, 0.3) is 11.7 Å². The first-order valence-electron chi connectivity index (χ1n) is 9.48. The van der Waals surface area contributed by atoms with Gasteiger partial charge in [-0.25, -0.2) is 4.68 Å². The van der Waals surface area contributed by atoms with E-state index in [0.29, 0.717) is 22.2 Å². The summed E-state index contributed by atoms with van der Waals surface area (Å²) < 4.78 is 7.05. The normalized spacial score (nSPS) is 11.8. The van der Waals surface area contributed by atoms with Gasteiger partial charge >= 0.3 is 0 Å². The molecule has 3 aromatic rings. The minimum atomic E-state index is -1.05. The van der Waals surface area contributed by atoms with Crippen molar-refractivity contribution in [1.29, 1.82) is 0 Å². The van der Waals surface area contributed by atoms with Crippen LogP contribution in [0.3, 0.4) is 0 Å². The Morgan fingerprint density at radius 2 is 1.84 bits per heavy atom. The molecule has 0 bridgehead atoms. The fraction of sp³-hybridized carbons (Fsp3) is 0.227. The van der Waals surface area contributed by atoms with Crippen LogP contribution in [0.4, 0.5) is 0 Å². The van der Waals surface area contributed by atoms with Crippen LogP contribution in [0.25, 0.3) is 5.69 Å². The standard InChI is InChI=1S/C22H21Cl2N3O4/c1-13-19(14(2)27(26-13)15-7-4-3-5-8-15)21(29)22(30)25-11-16(28)12-31-18-10-6-9-17(23)20(18)24/h3-10,16,28H,11-12H2,1-2H3,(H,25,30). The SMILES string of the molecule is Cc1nn(-c2ccccc2)c(C)c1C(=O)C(=O)NCC(O)COc1cccc(Cl)c1Cl. The molecule has 7 nitrogen and oxygen atoms in total. The average Bonchev–Trinajstić information content (AvgIpc) is 3.07. The molecule has 2 aromatic carbocycles. The number of aryl methyl sites for hydroxylation is 1. The van der Waals surface area contributed by atoms with Crippen LogP contribution >= 0.6 is 23.2 Å². The molecule has 1 unspecified atom stereocenters. The molecule has 1 aromatic heterocycles. The van der Waals surface area contributed by atoms with Gasteiger partial charge in [-0.3, -0.25) is 9.59 Å². The summed E-state index contributed by atoms with van der Waals surface area (Å²) in [6.45, 7) is 3.08. The molecular weight excluding hydrogens is 441 g/mol. The topological polar surface area (TPSA) is 93.5 Å². The molecule has 0 aliphatic rings. The molecule has 1 amide bonds. The van der Waals surface area contributed by atoms with Gasteiger partial charge in [0, 0.05) is 6.54 Å². The van der Waals surface area contributed by atoms with E-state index >= 15 is 0 Å². The summed E-state index contributed by atoms with van der Waals surface area (Å²) in [4.78, 5) is 25.1. The highest BCUT2D eigenvalue weighted by molar-refractivity contribution is 6.43. The number of hydrogen-bond donors (Lipinski definition) is 2. The highest BCUT2D eigenvalue weighted by Crippen LogP contribution is 2.31. The molecule has 3 rings (SSSR count). The molecule has 0 spiro atoms. The van der Waals surface area contributed by atoms with Crippen LogP contribution in [0, 0.1) is 13.8 Å². The lowest BCUT2D eigenvalue weighted by atomic mass is 10.1. The number of nitrogens with one attached hydrogen (secondary N) is 1. The van der Waals surface area contributed by atoms with Gasteiger partial charge in [-0.05, 0) is 38.1 Å². The Morgan fingerprint density at radius 1 is 1.13 bits per heavy atom. The average molecular weight is 462 g/mol. The van der Waals surface area contributed by atoms with Gasteiger partial charge in [-0.1, -0.05) is 47.5 Å². The van der Waals surface area contributed by atoms with E-state index < -0.39 is 17.8 Å². The Hall–Kier alpha value is -2.87. The predicted molar refractivity (Wildman–Crippen MR) is 118 cm³/mol. The second-order valence-electron chi connectivity index (χ2n) is 6.85. The van der Waals surface area contributed by atoms with Crippen molar-refractivity contribution in [3.8, 4) is 11.4 Å². The number of halogens is 2. The summed E-state index contributed by atoms with van der Waals surface area (Å²) in [5.74, 6) is -1.24. The zero-order chi connectivity index (χ0) is 22.5.